The fraction of sp³-hybridized carbons (Fsp3) is 0.462. The SMILES string of the molecule is CN(C)c1cccc(C2=NC(C)(C)CO2)c1. The maximum Gasteiger partial charge on any atom is 0.216 e. The molecule has 0 atom stereocenters. The molecule has 1 heterocycles. The molecule has 3 heteroatoms. The van der Waals surface area contributed by atoms with Gasteiger partial charge < -0.3 is 9.64 Å². The third-order valence-electron chi connectivity index (χ3n) is 2.58. The van der Waals surface area contributed by atoms with Crippen LogP contribution < -0.4 is 4.90 Å². The van der Waals surface area contributed by atoms with Gasteiger partial charge in [0.1, 0.15) is 6.61 Å². The van der Waals surface area contributed by atoms with Crippen LogP contribution in [0.15, 0.2) is 29.3 Å². The Morgan fingerprint density at radius 1 is 1.31 bits per heavy atom. The van der Waals surface area contributed by atoms with Crippen LogP contribution in [0.5, 0.6) is 0 Å². The van der Waals surface area contributed by atoms with Crippen molar-refractivity contribution in [2.24, 2.45) is 4.99 Å². The van der Waals surface area contributed by atoms with E-state index in [1.807, 2.05) is 26.2 Å². The van der Waals surface area contributed by atoms with Gasteiger partial charge in [0.05, 0.1) is 5.54 Å². The van der Waals surface area contributed by atoms with E-state index in [1.165, 1.54) is 0 Å². The lowest BCUT2D eigenvalue weighted by molar-refractivity contribution is 0.279. The summed E-state index contributed by atoms with van der Waals surface area (Å²) >= 11 is 0. The predicted molar refractivity (Wildman–Crippen MR) is 67.3 cm³/mol. The van der Waals surface area contributed by atoms with Crippen LogP contribution in [0.25, 0.3) is 0 Å². The van der Waals surface area contributed by atoms with Gasteiger partial charge >= 0.3 is 0 Å². The van der Waals surface area contributed by atoms with E-state index in [0.29, 0.717) is 6.61 Å². The van der Waals surface area contributed by atoms with Gasteiger partial charge in [-0.05, 0) is 32.0 Å². The van der Waals surface area contributed by atoms with Crippen molar-refractivity contribution in [3.8, 4) is 0 Å². The van der Waals surface area contributed by atoms with Gasteiger partial charge in [0.15, 0.2) is 0 Å². The number of benzene rings is 1. The van der Waals surface area contributed by atoms with Crippen molar-refractivity contribution in [3.63, 3.8) is 0 Å². The zero-order valence-corrected chi connectivity index (χ0v) is 10.3. The number of anilines is 1. The van der Waals surface area contributed by atoms with Crippen LogP contribution in [0.2, 0.25) is 0 Å². The highest BCUT2D eigenvalue weighted by molar-refractivity contribution is 5.96. The van der Waals surface area contributed by atoms with Gasteiger partial charge in [-0.3, -0.25) is 0 Å². The van der Waals surface area contributed by atoms with E-state index in [4.69, 9.17) is 4.74 Å². The van der Waals surface area contributed by atoms with Gasteiger partial charge in [-0.25, -0.2) is 4.99 Å². The molecule has 0 radical (unpaired) electrons. The van der Waals surface area contributed by atoms with E-state index in [9.17, 15) is 0 Å². The first-order valence-electron chi connectivity index (χ1n) is 5.48. The Morgan fingerprint density at radius 2 is 2.06 bits per heavy atom. The highest BCUT2D eigenvalue weighted by Gasteiger charge is 2.26. The summed E-state index contributed by atoms with van der Waals surface area (Å²) in [5, 5.41) is 0. The smallest absolute Gasteiger partial charge is 0.216 e. The standard InChI is InChI=1S/C13H18N2O/c1-13(2)9-16-12(14-13)10-6-5-7-11(8-10)15(3)4/h5-8H,9H2,1-4H3. The second-order valence-corrected chi connectivity index (χ2v) is 4.96. The minimum Gasteiger partial charge on any atom is -0.475 e. The summed E-state index contributed by atoms with van der Waals surface area (Å²) in [6.45, 7) is 4.82. The molecule has 1 aromatic carbocycles. The zero-order chi connectivity index (χ0) is 11.8. The van der Waals surface area contributed by atoms with Crippen LogP contribution in [-0.4, -0.2) is 32.1 Å². The Balaban J connectivity index is 2.32. The topological polar surface area (TPSA) is 24.8 Å². The Hall–Kier alpha value is -1.51. The first-order valence-corrected chi connectivity index (χ1v) is 5.48. The average Bonchev–Trinajstić information content (AvgIpc) is 2.59. The molecule has 0 fully saturated rings. The second kappa shape index (κ2) is 3.81. The predicted octanol–water partition coefficient (Wildman–Crippen LogP) is 2.31. The molecule has 0 spiro atoms. The molecule has 0 saturated heterocycles. The van der Waals surface area contributed by atoms with E-state index >= 15 is 0 Å². The molecular weight excluding hydrogens is 200 g/mol. The third kappa shape index (κ3) is 2.18. The van der Waals surface area contributed by atoms with Crippen molar-refractivity contribution in [2.45, 2.75) is 19.4 Å². The third-order valence-corrected chi connectivity index (χ3v) is 2.58. The van der Waals surface area contributed by atoms with Crippen molar-refractivity contribution >= 4 is 11.6 Å². The fourth-order valence-electron chi connectivity index (χ4n) is 1.65. The maximum atomic E-state index is 5.62. The molecule has 0 amide bonds. The number of hydrogen-bond acceptors (Lipinski definition) is 3. The molecule has 1 aliphatic rings. The van der Waals surface area contributed by atoms with Crippen molar-refractivity contribution in [2.75, 3.05) is 25.6 Å². The van der Waals surface area contributed by atoms with E-state index < -0.39 is 0 Å². The lowest BCUT2D eigenvalue weighted by Crippen LogP contribution is -2.17. The van der Waals surface area contributed by atoms with Gasteiger partial charge in [0.25, 0.3) is 0 Å². The molecule has 0 saturated carbocycles. The summed E-state index contributed by atoms with van der Waals surface area (Å²) in [6.07, 6.45) is 0. The summed E-state index contributed by atoms with van der Waals surface area (Å²) in [5.74, 6) is 0.758. The highest BCUT2D eigenvalue weighted by atomic mass is 16.5. The van der Waals surface area contributed by atoms with E-state index in [2.05, 4.69) is 35.9 Å². The normalized spacial score (nSPS) is 17.9. The summed E-state index contributed by atoms with van der Waals surface area (Å²) in [6, 6.07) is 8.24. The fourth-order valence-corrected chi connectivity index (χ4v) is 1.65. The zero-order valence-electron chi connectivity index (χ0n) is 10.3. The molecule has 3 nitrogen and oxygen atoms in total. The van der Waals surface area contributed by atoms with Crippen molar-refractivity contribution < 1.29 is 4.74 Å². The molecule has 16 heavy (non-hydrogen) atoms. The highest BCUT2D eigenvalue weighted by Crippen LogP contribution is 2.22. The maximum absolute atomic E-state index is 5.62. The molecule has 0 aliphatic carbocycles. The van der Waals surface area contributed by atoms with Crippen LogP contribution in [0, 0.1) is 0 Å². The van der Waals surface area contributed by atoms with Crippen molar-refractivity contribution in [1.82, 2.24) is 0 Å². The van der Waals surface area contributed by atoms with Gasteiger partial charge in [0, 0.05) is 25.3 Å². The van der Waals surface area contributed by atoms with E-state index in [0.717, 1.165) is 17.1 Å². The number of hydrogen-bond donors (Lipinski definition) is 0. The van der Waals surface area contributed by atoms with Crippen LogP contribution in [-0.2, 0) is 4.74 Å². The first kappa shape index (κ1) is 11.0. The Bertz CT molecular complexity index is 422. The molecule has 1 aromatic rings. The van der Waals surface area contributed by atoms with E-state index in [-0.39, 0.29) is 5.54 Å². The number of aliphatic imine (C=N–C) groups is 1. The Morgan fingerprint density at radius 3 is 2.62 bits per heavy atom. The van der Waals surface area contributed by atoms with Gasteiger partial charge in [-0.2, -0.15) is 0 Å². The van der Waals surface area contributed by atoms with Crippen molar-refractivity contribution in [1.29, 1.82) is 0 Å². The van der Waals surface area contributed by atoms with Crippen LogP contribution in [0.3, 0.4) is 0 Å². The average molecular weight is 218 g/mol. The largest absolute Gasteiger partial charge is 0.475 e. The summed E-state index contributed by atoms with van der Waals surface area (Å²) in [7, 11) is 4.06. The molecule has 0 unspecified atom stereocenters. The number of rotatable bonds is 2. The molecule has 0 bridgehead atoms. The molecular formula is C13H18N2O. The van der Waals surface area contributed by atoms with E-state index in [1.54, 1.807) is 0 Å². The molecule has 0 N–H and O–H groups in total. The van der Waals surface area contributed by atoms with Gasteiger partial charge in [-0.1, -0.05) is 6.07 Å². The summed E-state index contributed by atoms with van der Waals surface area (Å²) in [4.78, 5) is 6.64. The number of nitrogens with zero attached hydrogens (tertiary/aromatic N) is 2. The van der Waals surface area contributed by atoms with Crippen LogP contribution in [0.4, 0.5) is 5.69 Å². The Labute approximate surface area is 96.7 Å². The quantitative estimate of drug-likeness (QED) is 0.761. The monoisotopic (exact) mass is 218 g/mol. The summed E-state index contributed by atoms with van der Waals surface area (Å²) < 4.78 is 5.62. The van der Waals surface area contributed by atoms with Gasteiger partial charge in [-0.15, -0.1) is 0 Å². The van der Waals surface area contributed by atoms with Gasteiger partial charge in [0.2, 0.25) is 5.90 Å². The summed E-state index contributed by atoms with van der Waals surface area (Å²) in [5.41, 5.74) is 2.12. The van der Waals surface area contributed by atoms with Crippen LogP contribution in [0.1, 0.15) is 19.4 Å². The lowest BCUT2D eigenvalue weighted by atomic mass is 10.1. The second-order valence-electron chi connectivity index (χ2n) is 4.96. The number of ether oxygens (including phenoxy) is 1. The molecule has 86 valence electrons. The van der Waals surface area contributed by atoms with Crippen molar-refractivity contribution in [3.05, 3.63) is 29.8 Å². The molecule has 0 aromatic heterocycles. The first-order chi connectivity index (χ1) is 7.48. The Kier molecular flexibility index (Phi) is 2.62. The minimum absolute atomic E-state index is 0.0938. The lowest BCUT2D eigenvalue weighted by Gasteiger charge is -2.13. The minimum atomic E-state index is -0.0938. The molecule has 1 aliphatic heterocycles. The molecule has 2 rings (SSSR count). The van der Waals surface area contributed by atoms with Crippen LogP contribution >= 0.6 is 0 Å².